The van der Waals surface area contributed by atoms with Crippen molar-refractivity contribution in [3.8, 4) is 0 Å². The fraction of sp³-hybridized carbons (Fsp3) is 0.300. The van der Waals surface area contributed by atoms with Gasteiger partial charge in [0, 0.05) is 0 Å². The van der Waals surface area contributed by atoms with Gasteiger partial charge in [0.2, 0.25) is 0 Å². The molecule has 0 aliphatic carbocycles. The molecule has 0 saturated heterocycles. The lowest BCUT2D eigenvalue weighted by Crippen LogP contribution is -2.14. The number of hydrogen-bond acceptors (Lipinski definition) is 4. The van der Waals surface area contributed by atoms with E-state index < -0.39 is 22.4 Å². The number of carboxylic acids is 1. The molecule has 0 aliphatic heterocycles. The summed E-state index contributed by atoms with van der Waals surface area (Å²) >= 11 is 0. The minimum Gasteiger partial charge on any atom is -0.478 e. The third-order valence-corrected chi connectivity index (χ3v) is 3.58. The number of hydrogen-bond donors (Lipinski definition) is 2. The zero-order valence-corrected chi connectivity index (χ0v) is 9.27. The van der Waals surface area contributed by atoms with Crippen molar-refractivity contribution in [2.45, 2.75) is 5.75 Å². The lowest BCUT2D eigenvalue weighted by atomic mass is 10.1. The molecular formula is C10H12O5S. The van der Waals surface area contributed by atoms with Gasteiger partial charge in [-0.15, -0.1) is 0 Å². The summed E-state index contributed by atoms with van der Waals surface area (Å²) < 4.78 is 22.8. The smallest absolute Gasteiger partial charge is 0.335 e. The molecule has 0 aliphatic rings. The van der Waals surface area contributed by atoms with Crippen molar-refractivity contribution >= 4 is 15.8 Å². The Bertz CT molecular complexity index is 478. The van der Waals surface area contributed by atoms with Crippen LogP contribution in [0.25, 0.3) is 0 Å². The number of aliphatic hydroxyl groups is 1. The number of carbonyl (C=O) groups is 1. The zero-order valence-electron chi connectivity index (χ0n) is 8.46. The van der Waals surface area contributed by atoms with Crippen LogP contribution in [-0.2, 0) is 15.6 Å². The molecule has 0 bridgehead atoms. The van der Waals surface area contributed by atoms with E-state index in [0.29, 0.717) is 0 Å². The summed E-state index contributed by atoms with van der Waals surface area (Å²) in [7, 11) is -3.45. The zero-order chi connectivity index (χ0) is 12.2. The molecule has 0 spiro atoms. The van der Waals surface area contributed by atoms with Crippen molar-refractivity contribution in [2.75, 3.05) is 12.4 Å². The van der Waals surface area contributed by atoms with Gasteiger partial charge in [-0.05, 0) is 11.6 Å². The SMILES string of the molecule is O=C(O)c1ccccc1CS(=O)(=O)CCO. The molecule has 0 radical (unpaired) electrons. The fourth-order valence-electron chi connectivity index (χ4n) is 1.30. The second-order valence-corrected chi connectivity index (χ2v) is 5.46. The summed E-state index contributed by atoms with van der Waals surface area (Å²) in [4.78, 5) is 10.8. The van der Waals surface area contributed by atoms with Crippen LogP contribution in [0.4, 0.5) is 0 Å². The number of carboxylic acid groups (broad SMARTS) is 1. The highest BCUT2D eigenvalue weighted by Crippen LogP contribution is 2.12. The van der Waals surface area contributed by atoms with Crippen LogP contribution >= 0.6 is 0 Å². The van der Waals surface area contributed by atoms with Crippen LogP contribution in [0, 0.1) is 0 Å². The van der Waals surface area contributed by atoms with Gasteiger partial charge in [0.1, 0.15) is 0 Å². The average molecular weight is 244 g/mol. The normalized spacial score (nSPS) is 11.3. The summed E-state index contributed by atoms with van der Waals surface area (Å²) in [6.07, 6.45) is 0. The van der Waals surface area contributed by atoms with Crippen molar-refractivity contribution in [2.24, 2.45) is 0 Å². The Morgan fingerprint density at radius 3 is 2.44 bits per heavy atom. The van der Waals surface area contributed by atoms with Gasteiger partial charge in [0.05, 0.1) is 23.7 Å². The first-order valence-electron chi connectivity index (χ1n) is 4.59. The number of sulfone groups is 1. The van der Waals surface area contributed by atoms with E-state index in [-0.39, 0.29) is 22.6 Å². The average Bonchev–Trinajstić information content (AvgIpc) is 2.17. The van der Waals surface area contributed by atoms with Gasteiger partial charge in [-0.3, -0.25) is 0 Å². The maximum Gasteiger partial charge on any atom is 0.335 e. The van der Waals surface area contributed by atoms with E-state index >= 15 is 0 Å². The Balaban J connectivity index is 3.02. The second kappa shape index (κ2) is 5.09. The third kappa shape index (κ3) is 3.32. The van der Waals surface area contributed by atoms with Crippen LogP contribution in [0.15, 0.2) is 24.3 Å². The first kappa shape index (κ1) is 12.7. The van der Waals surface area contributed by atoms with Crippen LogP contribution in [-0.4, -0.2) is 37.0 Å². The highest BCUT2D eigenvalue weighted by atomic mass is 32.2. The molecule has 0 unspecified atom stereocenters. The molecule has 1 aromatic carbocycles. The van der Waals surface area contributed by atoms with Gasteiger partial charge in [-0.1, -0.05) is 18.2 Å². The largest absolute Gasteiger partial charge is 0.478 e. The molecule has 2 N–H and O–H groups in total. The molecule has 0 heterocycles. The maximum absolute atomic E-state index is 11.4. The molecule has 0 saturated carbocycles. The van der Waals surface area contributed by atoms with Crippen molar-refractivity contribution in [3.05, 3.63) is 35.4 Å². The molecule has 5 nitrogen and oxygen atoms in total. The van der Waals surface area contributed by atoms with Gasteiger partial charge in [0.25, 0.3) is 0 Å². The molecule has 0 atom stereocenters. The molecule has 16 heavy (non-hydrogen) atoms. The fourth-order valence-corrected chi connectivity index (χ4v) is 2.45. The Morgan fingerprint density at radius 2 is 1.88 bits per heavy atom. The van der Waals surface area contributed by atoms with Crippen molar-refractivity contribution in [1.82, 2.24) is 0 Å². The van der Waals surface area contributed by atoms with Gasteiger partial charge in [-0.25, -0.2) is 13.2 Å². The Labute approximate surface area is 93.3 Å². The minimum atomic E-state index is -3.45. The standard InChI is InChI=1S/C10H12O5S/c11-5-6-16(14,15)7-8-3-1-2-4-9(8)10(12)13/h1-4,11H,5-7H2,(H,12,13). The monoisotopic (exact) mass is 244 g/mol. The predicted octanol–water partition coefficient (Wildman–Crippen LogP) is 0.292. The number of benzene rings is 1. The van der Waals surface area contributed by atoms with Crippen LogP contribution in [0.5, 0.6) is 0 Å². The van der Waals surface area contributed by atoms with Gasteiger partial charge < -0.3 is 10.2 Å². The summed E-state index contributed by atoms with van der Waals surface area (Å²) in [5, 5.41) is 17.4. The van der Waals surface area contributed by atoms with Crippen molar-refractivity contribution in [1.29, 1.82) is 0 Å². The van der Waals surface area contributed by atoms with E-state index in [1.807, 2.05) is 0 Å². The number of aromatic carboxylic acids is 1. The van der Waals surface area contributed by atoms with E-state index in [1.54, 1.807) is 6.07 Å². The molecule has 0 fully saturated rings. The molecule has 1 rings (SSSR count). The molecule has 1 aromatic rings. The topological polar surface area (TPSA) is 91.7 Å². The maximum atomic E-state index is 11.4. The van der Waals surface area contributed by atoms with E-state index in [0.717, 1.165) is 0 Å². The predicted molar refractivity (Wildman–Crippen MR) is 58.0 cm³/mol. The first-order chi connectivity index (χ1) is 7.46. The number of rotatable bonds is 5. The van der Waals surface area contributed by atoms with E-state index in [9.17, 15) is 13.2 Å². The summed E-state index contributed by atoms with van der Waals surface area (Å²) in [6.45, 7) is -0.461. The molecular weight excluding hydrogens is 232 g/mol. The van der Waals surface area contributed by atoms with Gasteiger partial charge in [0.15, 0.2) is 9.84 Å². The molecule has 88 valence electrons. The van der Waals surface area contributed by atoms with Gasteiger partial charge in [-0.2, -0.15) is 0 Å². The summed E-state index contributed by atoms with van der Waals surface area (Å²) in [5.41, 5.74) is 0.215. The van der Waals surface area contributed by atoms with E-state index in [2.05, 4.69) is 0 Å². The van der Waals surface area contributed by atoms with Gasteiger partial charge >= 0.3 is 5.97 Å². The van der Waals surface area contributed by atoms with Crippen LogP contribution in [0.3, 0.4) is 0 Å². The van der Waals surface area contributed by atoms with Crippen LogP contribution in [0.1, 0.15) is 15.9 Å². The Kier molecular flexibility index (Phi) is 4.03. The van der Waals surface area contributed by atoms with E-state index in [4.69, 9.17) is 10.2 Å². The molecule has 0 amide bonds. The quantitative estimate of drug-likeness (QED) is 0.776. The van der Waals surface area contributed by atoms with Crippen molar-refractivity contribution in [3.63, 3.8) is 0 Å². The van der Waals surface area contributed by atoms with Crippen LogP contribution < -0.4 is 0 Å². The Morgan fingerprint density at radius 1 is 1.25 bits per heavy atom. The highest BCUT2D eigenvalue weighted by Gasteiger charge is 2.16. The van der Waals surface area contributed by atoms with E-state index in [1.165, 1.54) is 18.2 Å². The van der Waals surface area contributed by atoms with Crippen molar-refractivity contribution < 1.29 is 23.4 Å². The molecule has 0 aromatic heterocycles. The number of aliphatic hydroxyl groups excluding tert-OH is 1. The van der Waals surface area contributed by atoms with Crippen LogP contribution in [0.2, 0.25) is 0 Å². The molecule has 6 heteroatoms. The summed E-state index contributed by atoms with van der Waals surface area (Å²) in [6, 6.07) is 5.92. The first-order valence-corrected chi connectivity index (χ1v) is 6.41. The summed E-state index contributed by atoms with van der Waals surface area (Å²) in [5.74, 6) is -1.88. The minimum absolute atomic E-state index is 0.0241. The Hall–Kier alpha value is -1.40. The lowest BCUT2D eigenvalue weighted by molar-refractivity contribution is 0.0696. The third-order valence-electron chi connectivity index (χ3n) is 2.03. The highest BCUT2D eigenvalue weighted by molar-refractivity contribution is 7.90. The second-order valence-electron chi connectivity index (χ2n) is 3.28. The lowest BCUT2D eigenvalue weighted by Gasteiger charge is -2.05.